The van der Waals surface area contributed by atoms with Gasteiger partial charge in [-0.3, -0.25) is 4.98 Å². The minimum Gasteiger partial charge on any atom is -0.352 e. The molecule has 0 saturated carbocycles. The van der Waals surface area contributed by atoms with Crippen molar-refractivity contribution in [2.24, 2.45) is 0 Å². The molecule has 0 amide bonds. The fourth-order valence-corrected chi connectivity index (χ4v) is 2.15. The summed E-state index contributed by atoms with van der Waals surface area (Å²) in [7, 11) is 0. The standard InChI is InChI=1S/C13H14N4/c1-10-15-12-9-14-6-5-11(12)13(16-10)17-7-3-2-4-8-17/h2-3,5-6,9H,4,7-8H2,1H3. The second-order valence-corrected chi connectivity index (χ2v) is 4.19. The molecule has 0 bridgehead atoms. The van der Waals surface area contributed by atoms with E-state index in [1.807, 2.05) is 13.0 Å². The number of hydrogen-bond acceptors (Lipinski definition) is 4. The zero-order valence-corrected chi connectivity index (χ0v) is 9.80. The van der Waals surface area contributed by atoms with Crippen LogP contribution in [0.1, 0.15) is 12.2 Å². The highest BCUT2D eigenvalue weighted by atomic mass is 15.2. The van der Waals surface area contributed by atoms with Crippen molar-refractivity contribution in [3.05, 3.63) is 36.4 Å². The van der Waals surface area contributed by atoms with Gasteiger partial charge in [-0.1, -0.05) is 12.2 Å². The van der Waals surface area contributed by atoms with Crippen LogP contribution in [-0.4, -0.2) is 28.0 Å². The molecular weight excluding hydrogens is 212 g/mol. The van der Waals surface area contributed by atoms with Gasteiger partial charge in [0.1, 0.15) is 11.6 Å². The smallest absolute Gasteiger partial charge is 0.140 e. The van der Waals surface area contributed by atoms with Crippen LogP contribution in [0, 0.1) is 6.92 Å². The van der Waals surface area contributed by atoms with Gasteiger partial charge in [-0.25, -0.2) is 9.97 Å². The topological polar surface area (TPSA) is 41.9 Å². The molecule has 86 valence electrons. The van der Waals surface area contributed by atoms with E-state index in [4.69, 9.17) is 0 Å². The molecular formula is C13H14N4. The summed E-state index contributed by atoms with van der Waals surface area (Å²) < 4.78 is 0. The Bertz CT molecular complexity index is 577. The summed E-state index contributed by atoms with van der Waals surface area (Å²) in [4.78, 5) is 15.4. The first kappa shape index (κ1) is 10.2. The summed E-state index contributed by atoms with van der Waals surface area (Å²) in [6.45, 7) is 3.87. The third-order valence-corrected chi connectivity index (χ3v) is 2.95. The summed E-state index contributed by atoms with van der Waals surface area (Å²) >= 11 is 0. The van der Waals surface area contributed by atoms with Gasteiger partial charge in [-0.2, -0.15) is 0 Å². The number of rotatable bonds is 1. The molecule has 0 saturated heterocycles. The second kappa shape index (κ2) is 4.13. The van der Waals surface area contributed by atoms with E-state index in [-0.39, 0.29) is 0 Å². The monoisotopic (exact) mass is 226 g/mol. The van der Waals surface area contributed by atoms with Crippen molar-refractivity contribution in [2.45, 2.75) is 13.3 Å². The Balaban J connectivity index is 2.17. The predicted molar refractivity (Wildman–Crippen MR) is 68.0 cm³/mol. The lowest BCUT2D eigenvalue weighted by molar-refractivity contribution is 0.804. The first-order chi connectivity index (χ1) is 8.34. The van der Waals surface area contributed by atoms with Gasteiger partial charge in [-0.05, 0) is 19.4 Å². The van der Waals surface area contributed by atoms with E-state index in [2.05, 4.69) is 32.0 Å². The molecule has 2 aromatic rings. The average Bonchev–Trinajstić information content (AvgIpc) is 2.39. The third kappa shape index (κ3) is 1.86. The predicted octanol–water partition coefficient (Wildman–Crippen LogP) is 2.10. The van der Waals surface area contributed by atoms with Crippen LogP contribution in [0.25, 0.3) is 10.9 Å². The van der Waals surface area contributed by atoms with Crippen molar-refractivity contribution in [1.29, 1.82) is 0 Å². The molecule has 4 heteroatoms. The zero-order valence-electron chi connectivity index (χ0n) is 9.80. The van der Waals surface area contributed by atoms with Crippen molar-refractivity contribution < 1.29 is 0 Å². The van der Waals surface area contributed by atoms with Crippen LogP contribution >= 0.6 is 0 Å². The van der Waals surface area contributed by atoms with Crippen LogP contribution < -0.4 is 4.90 Å². The molecule has 0 atom stereocenters. The highest BCUT2D eigenvalue weighted by molar-refractivity contribution is 5.88. The fraction of sp³-hybridized carbons (Fsp3) is 0.308. The summed E-state index contributed by atoms with van der Waals surface area (Å²) in [6.07, 6.45) is 9.08. The van der Waals surface area contributed by atoms with Crippen molar-refractivity contribution in [2.75, 3.05) is 18.0 Å². The van der Waals surface area contributed by atoms with Crippen LogP contribution in [0.3, 0.4) is 0 Å². The van der Waals surface area contributed by atoms with Gasteiger partial charge >= 0.3 is 0 Å². The number of fused-ring (bicyclic) bond motifs is 1. The molecule has 1 aliphatic rings. The van der Waals surface area contributed by atoms with Crippen LogP contribution in [0.5, 0.6) is 0 Å². The quantitative estimate of drug-likeness (QED) is 0.698. The van der Waals surface area contributed by atoms with E-state index < -0.39 is 0 Å². The molecule has 0 N–H and O–H groups in total. The van der Waals surface area contributed by atoms with Crippen LogP contribution in [-0.2, 0) is 0 Å². The Kier molecular flexibility index (Phi) is 2.48. The number of anilines is 1. The Morgan fingerprint density at radius 3 is 3.00 bits per heavy atom. The van der Waals surface area contributed by atoms with Crippen molar-refractivity contribution >= 4 is 16.7 Å². The van der Waals surface area contributed by atoms with Crippen LogP contribution in [0.4, 0.5) is 5.82 Å². The van der Waals surface area contributed by atoms with Crippen LogP contribution in [0.15, 0.2) is 30.6 Å². The average molecular weight is 226 g/mol. The van der Waals surface area contributed by atoms with Gasteiger partial charge in [0.2, 0.25) is 0 Å². The van der Waals surface area contributed by atoms with Crippen molar-refractivity contribution in [3.8, 4) is 0 Å². The minimum absolute atomic E-state index is 0.801. The Morgan fingerprint density at radius 2 is 2.18 bits per heavy atom. The molecule has 0 aromatic carbocycles. The highest BCUT2D eigenvalue weighted by Gasteiger charge is 2.13. The van der Waals surface area contributed by atoms with E-state index >= 15 is 0 Å². The maximum Gasteiger partial charge on any atom is 0.140 e. The molecule has 4 nitrogen and oxygen atoms in total. The molecule has 0 radical (unpaired) electrons. The number of pyridine rings is 1. The van der Waals surface area contributed by atoms with E-state index in [1.165, 1.54) is 0 Å². The highest BCUT2D eigenvalue weighted by Crippen LogP contribution is 2.24. The Morgan fingerprint density at radius 1 is 1.24 bits per heavy atom. The number of aryl methyl sites for hydroxylation is 1. The normalized spacial score (nSPS) is 15.5. The first-order valence-corrected chi connectivity index (χ1v) is 5.83. The summed E-state index contributed by atoms with van der Waals surface area (Å²) in [6, 6.07) is 1.99. The molecule has 2 aromatic heterocycles. The van der Waals surface area contributed by atoms with Gasteiger partial charge < -0.3 is 4.90 Å². The molecule has 1 aliphatic heterocycles. The number of aromatic nitrogens is 3. The maximum absolute atomic E-state index is 4.58. The van der Waals surface area contributed by atoms with Gasteiger partial charge in [0, 0.05) is 24.7 Å². The summed E-state index contributed by atoms with van der Waals surface area (Å²) in [5.41, 5.74) is 0.921. The van der Waals surface area contributed by atoms with Crippen molar-refractivity contribution in [1.82, 2.24) is 15.0 Å². The van der Waals surface area contributed by atoms with Gasteiger partial charge in [-0.15, -0.1) is 0 Å². The molecule has 0 fully saturated rings. The first-order valence-electron chi connectivity index (χ1n) is 5.83. The molecule has 0 unspecified atom stereocenters. The third-order valence-electron chi connectivity index (χ3n) is 2.95. The van der Waals surface area contributed by atoms with Gasteiger partial charge in [0.25, 0.3) is 0 Å². The van der Waals surface area contributed by atoms with E-state index in [0.29, 0.717) is 0 Å². The zero-order chi connectivity index (χ0) is 11.7. The second-order valence-electron chi connectivity index (χ2n) is 4.19. The minimum atomic E-state index is 0.801. The number of nitrogens with zero attached hydrogens (tertiary/aromatic N) is 4. The summed E-state index contributed by atoms with van der Waals surface area (Å²) in [5.74, 6) is 1.83. The molecule has 17 heavy (non-hydrogen) atoms. The molecule has 3 rings (SSSR count). The largest absolute Gasteiger partial charge is 0.352 e. The van der Waals surface area contributed by atoms with E-state index in [1.54, 1.807) is 12.4 Å². The van der Waals surface area contributed by atoms with Gasteiger partial charge in [0.15, 0.2) is 0 Å². The van der Waals surface area contributed by atoms with Crippen molar-refractivity contribution in [3.63, 3.8) is 0 Å². The molecule has 3 heterocycles. The SMILES string of the molecule is Cc1nc(N2CC=CCC2)c2ccncc2n1. The number of hydrogen-bond donors (Lipinski definition) is 0. The van der Waals surface area contributed by atoms with E-state index in [0.717, 1.165) is 42.1 Å². The lowest BCUT2D eigenvalue weighted by Crippen LogP contribution is -2.28. The Labute approximate surface area is 100 Å². The summed E-state index contributed by atoms with van der Waals surface area (Å²) in [5, 5.41) is 1.08. The fourth-order valence-electron chi connectivity index (χ4n) is 2.15. The lowest BCUT2D eigenvalue weighted by atomic mass is 10.2. The Hall–Kier alpha value is -1.97. The maximum atomic E-state index is 4.58. The van der Waals surface area contributed by atoms with Crippen LogP contribution in [0.2, 0.25) is 0 Å². The molecule has 0 spiro atoms. The molecule has 0 aliphatic carbocycles. The van der Waals surface area contributed by atoms with E-state index in [9.17, 15) is 0 Å². The van der Waals surface area contributed by atoms with Gasteiger partial charge in [0.05, 0.1) is 11.7 Å². The lowest BCUT2D eigenvalue weighted by Gasteiger charge is -2.25.